The third kappa shape index (κ3) is 4.03. The van der Waals surface area contributed by atoms with Gasteiger partial charge in [0.25, 0.3) is 5.91 Å². The first-order chi connectivity index (χ1) is 13.2. The van der Waals surface area contributed by atoms with Gasteiger partial charge in [-0.3, -0.25) is 4.79 Å². The van der Waals surface area contributed by atoms with E-state index < -0.39 is 0 Å². The van der Waals surface area contributed by atoms with E-state index in [0.29, 0.717) is 24.8 Å². The van der Waals surface area contributed by atoms with E-state index >= 15 is 0 Å². The number of piperidine rings is 3. The van der Waals surface area contributed by atoms with Gasteiger partial charge in [0, 0.05) is 29.6 Å². The molecule has 3 saturated heterocycles. The number of benzene rings is 1. The zero-order valence-corrected chi connectivity index (χ0v) is 17.1. The Hall–Kier alpha value is -1.48. The molecule has 1 aromatic heterocycles. The molecule has 1 aromatic carbocycles. The van der Waals surface area contributed by atoms with E-state index in [1.54, 1.807) is 11.8 Å². The van der Waals surface area contributed by atoms with Crippen LogP contribution in [0.3, 0.4) is 0 Å². The molecule has 8 heteroatoms. The number of rotatable bonds is 7. The number of fused-ring (bicyclic) bond motifs is 4. The molecule has 3 aliphatic rings. The smallest absolute Gasteiger partial charge is 0.272 e. The van der Waals surface area contributed by atoms with Gasteiger partial charge < -0.3 is 19.7 Å². The van der Waals surface area contributed by atoms with Crippen molar-refractivity contribution in [2.75, 3.05) is 40.0 Å². The van der Waals surface area contributed by atoms with Crippen LogP contribution in [0.1, 0.15) is 23.3 Å². The highest BCUT2D eigenvalue weighted by atomic mass is 79.9. The summed E-state index contributed by atoms with van der Waals surface area (Å²) in [5, 5.41) is 8.63. The van der Waals surface area contributed by atoms with Crippen molar-refractivity contribution < 1.29 is 14.3 Å². The highest BCUT2D eigenvalue weighted by Gasteiger charge is 2.35. The predicted octanol–water partition coefficient (Wildman–Crippen LogP) is 2.24. The molecule has 2 aromatic rings. The lowest BCUT2D eigenvalue weighted by Gasteiger charge is -2.44. The summed E-state index contributed by atoms with van der Waals surface area (Å²) in [5.74, 6) is 0.482. The number of aromatic nitrogens is 2. The zero-order valence-electron chi connectivity index (χ0n) is 15.5. The number of carbonyl (C=O) groups is 1. The van der Waals surface area contributed by atoms with Crippen molar-refractivity contribution in [1.82, 2.24) is 20.0 Å². The fraction of sp³-hybridized carbons (Fsp3) is 0.579. The molecule has 1 N–H and O–H groups in total. The molecule has 0 spiro atoms. The van der Waals surface area contributed by atoms with Gasteiger partial charge in [-0.25, -0.2) is 4.68 Å². The van der Waals surface area contributed by atoms with Crippen molar-refractivity contribution in [3.63, 3.8) is 0 Å². The monoisotopic (exact) mass is 436 g/mol. The zero-order chi connectivity index (χ0) is 18.8. The quantitative estimate of drug-likeness (QED) is 0.674. The maximum Gasteiger partial charge on any atom is 0.272 e. The van der Waals surface area contributed by atoms with Crippen LogP contribution in [0.25, 0.3) is 10.9 Å². The molecule has 1 amide bonds. The summed E-state index contributed by atoms with van der Waals surface area (Å²) in [4.78, 5) is 15.4. The van der Waals surface area contributed by atoms with Crippen LogP contribution in [-0.4, -0.2) is 66.6 Å². The fourth-order valence-corrected chi connectivity index (χ4v) is 4.42. The number of nitrogens with one attached hydrogen (secondary N) is 1. The highest BCUT2D eigenvalue weighted by Crippen LogP contribution is 2.28. The Morgan fingerprint density at radius 3 is 2.85 bits per heavy atom. The van der Waals surface area contributed by atoms with Crippen molar-refractivity contribution >= 4 is 32.7 Å². The van der Waals surface area contributed by atoms with Crippen LogP contribution in [0, 0.1) is 5.92 Å². The minimum absolute atomic E-state index is 0.100. The molecular formula is C19H25BrN4O3. The van der Waals surface area contributed by atoms with Gasteiger partial charge in [-0.2, -0.15) is 5.10 Å². The van der Waals surface area contributed by atoms with Gasteiger partial charge in [0.2, 0.25) is 0 Å². The molecule has 7 nitrogen and oxygen atoms in total. The fourth-order valence-electron chi connectivity index (χ4n) is 4.07. The van der Waals surface area contributed by atoms with Gasteiger partial charge in [0.1, 0.15) is 6.73 Å². The van der Waals surface area contributed by atoms with Crippen molar-refractivity contribution in [1.29, 1.82) is 0 Å². The first kappa shape index (κ1) is 18.9. The maximum atomic E-state index is 13.0. The molecular weight excluding hydrogens is 412 g/mol. The largest absolute Gasteiger partial charge is 0.382 e. The summed E-state index contributed by atoms with van der Waals surface area (Å²) in [7, 11) is 1.64. The number of hydrogen-bond acceptors (Lipinski definition) is 5. The Kier molecular flexibility index (Phi) is 5.77. The molecule has 3 fully saturated rings. The number of hydrogen-bond donors (Lipinski definition) is 1. The van der Waals surface area contributed by atoms with Crippen LogP contribution in [0.5, 0.6) is 0 Å². The van der Waals surface area contributed by atoms with Gasteiger partial charge in [-0.1, -0.05) is 15.9 Å². The van der Waals surface area contributed by atoms with Crippen molar-refractivity contribution in [3.05, 3.63) is 28.4 Å². The van der Waals surface area contributed by atoms with Crippen LogP contribution >= 0.6 is 15.9 Å². The second-order valence-electron chi connectivity index (χ2n) is 7.26. The number of methoxy groups -OCH3 is 1. The normalized spacial score (nSPS) is 24.4. The number of amides is 1. The molecule has 146 valence electrons. The number of nitrogens with zero attached hydrogens (tertiary/aromatic N) is 3. The average molecular weight is 437 g/mol. The van der Waals surface area contributed by atoms with Crippen LogP contribution in [0.15, 0.2) is 22.7 Å². The van der Waals surface area contributed by atoms with Crippen LogP contribution in [0.4, 0.5) is 0 Å². The van der Waals surface area contributed by atoms with Crippen LogP contribution < -0.4 is 5.32 Å². The van der Waals surface area contributed by atoms with E-state index in [9.17, 15) is 4.79 Å². The Bertz CT molecular complexity index is 817. The third-order valence-electron chi connectivity index (χ3n) is 5.55. The summed E-state index contributed by atoms with van der Waals surface area (Å²) in [5.41, 5.74) is 1.34. The lowest BCUT2D eigenvalue weighted by molar-refractivity contribution is 0.0305. The molecule has 0 radical (unpaired) electrons. The Morgan fingerprint density at radius 1 is 1.33 bits per heavy atom. The molecule has 2 bridgehead atoms. The predicted molar refractivity (Wildman–Crippen MR) is 106 cm³/mol. The van der Waals surface area contributed by atoms with Crippen molar-refractivity contribution in [2.45, 2.75) is 25.6 Å². The SMILES string of the molecule is COCCOCn1nc(C(=O)N[C@@H]2CN3CCC2CC3)c2ccc(Br)cc21. The van der Waals surface area contributed by atoms with Crippen molar-refractivity contribution in [3.8, 4) is 0 Å². The van der Waals surface area contributed by atoms with E-state index in [2.05, 4.69) is 31.2 Å². The van der Waals surface area contributed by atoms with Gasteiger partial charge in [-0.15, -0.1) is 0 Å². The molecule has 0 unspecified atom stereocenters. The first-order valence-electron chi connectivity index (χ1n) is 9.41. The summed E-state index contributed by atoms with van der Waals surface area (Å²) in [6.45, 7) is 4.54. The summed E-state index contributed by atoms with van der Waals surface area (Å²) >= 11 is 3.50. The number of ether oxygens (including phenoxy) is 2. The maximum absolute atomic E-state index is 13.0. The minimum Gasteiger partial charge on any atom is -0.382 e. The van der Waals surface area contributed by atoms with E-state index in [-0.39, 0.29) is 18.7 Å². The molecule has 27 heavy (non-hydrogen) atoms. The Morgan fingerprint density at radius 2 is 2.15 bits per heavy atom. The van der Waals surface area contributed by atoms with E-state index in [1.807, 2.05) is 18.2 Å². The standard InChI is InChI=1S/C19H25BrN4O3/c1-26-8-9-27-12-24-17-10-14(20)2-3-15(17)18(22-24)19(25)21-16-11-23-6-4-13(16)5-7-23/h2-3,10,13,16H,4-9,11-12H2,1H3,(H,21,25)/t16-/m1/s1. The van der Waals surface area contributed by atoms with E-state index in [1.165, 1.54) is 12.8 Å². The van der Waals surface area contributed by atoms with Gasteiger partial charge in [0.05, 0.1) is 18.7 Å². The lowest BCUT2D eigenvalue weighted by atomic mass is 9.84. The molecule has 0 aliphatic carbocycles. The molecule has 3 aliphatic heterocycles. The van der Waals surface area contributed by atoms with Gasteiger partial charge in [0.15, 0.2) is 5.69 Å². The average Bonchev–Trinajstić information content (AvgIpc) is 3.04. The summed E-state index contributed by atoms with van der Waals surface area (Å²) in [6.07, 6.45) is 2.33. The van der Waals surface area contributed by atoms with Crippen molar-refractivity contribution in [2.24, 2.45) is 5.92 Å². The molecule has 1 atom stereocenters. The minimum atomic E-state index is -0.100. The number of carbonyl (C=O) groups excluding carboxylic acids is 1. The van der Waals surface area contributed by atoms with Gasteiger partial charge >= 0.3 is 0 Å². The summed E-state index contributed by atoms with van der Waals surface area (Å²) in [6, 6.07) is 6.05. The Balaban J connectivity index is 1.54. The molecule has 5 rings (SSSR count). The van der Waals surface area contributed by atoms with Gasteiger partial charge in [-0.05, 0) is 50.0 Å². The number of halogens is 1. The molecule has 4 heterocycles. The highest BCUT2D eigenvalue weighted by molar-refractivity contribution is 9.10. The van der Waals surface area contributed by atoms with E-state index in [0.717, 1.165) is 35.0 Å². The lowest BCUT2D eigenvalue weighted by Crippen LogP contribution is -2.57. The summed E-state index contributed by atoms with van der Waals surface area (Å²) < 4.78 is 13.3. The second-order valence-corrected chi connectivity index (χ2v) is 8.17. The third-order valence-corrected chi connectivity index (χ3v) is 6.04. The van der Waals surface area contributed by atoms with Crippen LogP contribution in [-0.2, 0) is 16.2 Å². The Labute approximate surface area is 167 Å². The van der Waals surface area contributed by atoms with E-state index in [4.69, 9.17) is 9.47 Å². The molecule has 0 saturated carbocycles. The van der Waals surface area contributed by atoms with Crippen LogP contribution in [0.2, 0.25) is 0 Å². The second kappa shape index (κ2) is 8.26. The first-order valence-corrected chi connectivity index (χ1v) is 10.2. The topological polar surface area (TPSA) is 68.6 Å².